The Morgan fingerprint density at radius 1 is 1.00 bits per heavy atom. The van der Waals surface area contributed by atoms with Gasteiger partial charge in [0.2, 0.25) is 0 Å². The van der Waals surface area contributed by atoms with Crippen molar-refractivity contribution in [2.75, 3.05) is 11.5 Å². The average molecular weight is 222 g/mol. The molecule has 0 spiro atoms. The summed E-state index contributed by atoms with van der Waals surface area (Å²) >= 11 is 0. The molecule has 0 aliphatic carbocycles. The van der Waals surface area contributed by atoms with Crippen LogP contribution < -0.4 is 11.5 Å². The Kier molecular flexibility index (Phi) is 3.52. The SMILES string of the molecule is Cl.Nc1ccc(N)c(-c2ccccn2)c1. The summed E-state index contributed by atoms with van der Waals surface area (Å²) in [5.41, 5.74) is 14.6. The maximum atomic E-state index is 5.83. The molecule has 4 N–H and O–H groups in total. The van der Waals surface area contributed by atoms with Crippen LogP contribution in [0.25, 0.3) is 11.3 Å². The second kappa shape index (κ2) is 4.66. The van der Waals surface area contributed by atoms with E-state index in [1.807, 2.05) is 24.3 Å². The van der Waals surface area contributed by atoms with E-state index >= 15 is 0 Å². The van der Waals surface area contributed by atoms with Crippen molar-refractivity contribution < 1.29 is 0 Å². The Morgan fingerprint density at radius 2 is 1.80 bits per heavy atom. The van der Waals surface area contributed by atoms with Crippen LogP contribution in [0, 0.1) is 0 Å². The van der Waals surface area contributed by atoms with Gasteiger partial charge in [0.1, 0.15) is 0 Å². The molecule has 4 heteroatoms. The van der Waals surface area contributed by atoms with E-state index in [1.165, 1.54) is 0 Å². The maximum Gasteiger partial charge on any atom is 0.0723 e. The third-order valence-corrected chi connectivity index (χ3v) is 2.02. The smallest absolute Gasteiger partial charge is 0.0723 e. The Labute approximate surface area is 94.5 Å². The number of hydrogen-bond donors (Lipinski definition) is 2. The molecule has 0 amide bonds. The Balaban J connectivity index is 0.00000112. The quantitative estimate of drug-likeness (QED) is 0.727. The Bertz CT molecular complexity index is 443. The minimum Gasteiger partial charge on any atom is -0.399 e. The molecule has 0 atom stereocenters. The van der Waals surface area contributed by atoms with E-state index in [2.05, 4.69) is 4.98 Å². The van der Waals surface area contributed by atoms with E-state index < -0.39 is 0 Å². The van der Waals surface area contributed by atoms with Crippen LogP contribution in [-0.4, -0.2) is 4.98 Å². The van der Waals surface area contributed by atoms with Crippen LogP contribution in [0.4, 0.5) is 11.4 Å². The van der Waals surface area contributed by atoms with Gasteiger partial charge >= 0.3 is 0 Å². The van der Waals surface area contributed by atoms with Gasteiger partial charge in [-0.05, 0) is 30.3 Å². The molecule has 0 saturated carbocycles. The number of rotatable bonds is 1. The average Bonchev–Trinajstić information content (AvgIpc) is 2.23. The molecule has 15 heavy (non-hydrogen) atoms. The summed E-state index contributed by atoms with van der Waals surface area (Å²) in [6.45, 7) is 0. The van der Waals surface area contributed by atoms with E-state index in [-0.39, 0.29) is 12.4 Å². The summed E-state index contributed by atoms with van der Waals surface area (Å²) in [6.07, 6.45) is 1.73. The van der Waals surface area contributed by atoms with Gasteiger partial charge in [0.25, 0.3) is 0 Å². The van der Waals surface area contributed by atoms with E-state index in [9.17, 15) is 0 Å². The molecule has 0 bridgehead atoms. The number of benzene rings is 1. The number of aromatic nitrogens is 1. The second-order valence-electron chi connectivity index (χ2n) is 3.06. The van der Waals surface area contributed by atoms with Crippen LogP contribution in [0.15, 0.2) is 42.6 Å². The molecule has 0 saturated heterocycles. The van der Waals surface area contributed by atoms with Gasteiger partial charge in [0, 0.05) is 23.1 Å². The first-order valence-corrected chi connectivity index (χ1v) is 4.34. The number of nitrogen functional groups attached to an aromatic ring is 2. The summed E-state index contributed by atoms with van der Waals surface area (Å²) in [5.74, 6) is 0. The van der Waals surface area contributed by atoms with Gasteiger partial charge in [-0.3, -0.25) is 4.98 Å². The molecule has 1 heterocycles. The topological polar surface area (TPSA) is 64.9 Å². The number of anilines is 2. The van der Waals surface area contributed by atoms with Gasteiger partial charge in [0.15, 0.2) is 0 Å². The summed E-state index contributed by atoms with van der Waals surface area (Å²) in [4.78, 5) is 4.22. The summed E-state index contributed by atoms with van der Waals surface area (Å²) < 4.78 is 0. The van der Waals surface area contributed by atoms with E-state index in [4.69, 9.17) is 11.5 Å². The summed E-state index contributed by atoms with van der Waals surface area (Å²) in [5, 5.41) is 0. The lowest BCUT2D eigenvalue weighted by Gasteiger charge is -2.05. The van der Waals surface area contributed by atoms with Gasteiger partial charge < -0.3 is 11.5 Å². The Hall–Kier alpha value is -1.74. The molecule has 2 rings (SSSR count). The minimum atomic E-state index is 0. The third kappa shape index (κ3) is 2.39. The van der Waals surface area contributed by atoms with Crippen LogP contribution >= 0.6 is 12.4 Å². The molecule has 0 radical (unpaired) electrons. The highest BCUT2D eigenvalue weighted by Gasteiger charge is 2.02. The lowest BCUT2D eigenvalue weighted by atomic mass is 10.1. The largest absolute Gasteiger partial charge is 0.399 e. The van der Waals surface area contributed by atoms with Crippen molar-refractivity contribution in [2.24, 2.45) is 0 Å². The van der Waals surface area contributed by atoms with Crippen molar-refractivity contribution in [1.29, 1.82) is 0 Å². The lowest BCUT2D eigenvalue weighted by molar-refractivity contribution is 1.33. The molecule has 1 aromatic carbocycles. The molecule has 78 valence electrons. The zero-order valence-electron chi connectivity index (χ0n) is 8.05. The second-order valence-corrected chi connectivity index (χ2v) is 3.06. The lowest BCUT2D eigenvalue weighted by Crippen LogP contribution is -1.93. The van der Waals surface area contributed by atoms with Crippen LogP contribution in [-0.2, 0) is 0 Å². The molecule has 0 unspecified atom stereocenters. The summed E-state index contributed by atoms with van der Waals surface area (Å²) in [7, 11) is 0. The molecule has 0 aliphatic rings. The first kappa shape index (κ1) is 11.3. The van der Waals surface area contributed by atoms with Gasteiger partial charge in [-0.2, -0.15) is 0 Å². The monoisotopic (exact) mass is 221 g/mol. The van der Waals surface area contributed by atoms with Crippen molar-refractivity contribution in [1.82, 2.24) is 4.98 Å². The third-order valence-electron chi connectivity index (χ3n) is 2.02. The van der Waals surface area contributed by atoms with Crippen molar-refractivity contribution in [2.45, 2.75) is 0 Å². The van der Waals surface area contributed by atoms with Crippen molar-refractivity contribution in [3.05, 3.63) is 42.6 Å². The van der Waals surface area contributed by atoms with Crippen molar-refractivity contribution in [3.63, 3.8) is 0 Å². The molecule has 2 aromatic rings. The van der Waals surface area contributed by atoms with E-state index in [0.717, 1.165) is 11.3 Å². The van der Waals surface area contributed by atoms with Crippen LogP contribution in [0.2, 0.25) is 0 Å². The number of nitrogens with two attached hydrogens (primary N) is 2. The molecule has 0 fully saturated rings. The zero-order chi connectivity index (χ0) is 9.97. The number of nitrogens with zero attached hydrogens (tertiary/aromatic N) is 1. The van der Waals surface area contributed by atoms with Gasteiger partial charge in [-0.1, -0.05) is 6.07 Å². The van der Waals surface area contributed by atoms with E-state index in [1.54, 1.807) is 18.3 Å². The first-order chi connectivity index (χ1) is 6.77. The predicted octanol–water partition coefficient (Wildman–Crippen LogP) is 2.33. The van der Waals surface area contributed by atoms with Gasteiger partial charge in [0.05, 0.1) is 5.69 Å². The fourth-order valence-electron chi connectivity index (χ4n) is 1.32. The fraction of sp³-hybridized carbons (Fsp3) is 0. The first-order valence-electron chi connectivity index (χ1n) is 4.34. The Morgan fingerprint density at radius 3 is 2.47 bits per heavy atom. The summed E-state index contributed by atoms with van der Waals surface area (Å²) in [6, 6.07) is 11.1. The highest BCUT2D eigenvalue weighted by molar-refractivity contribution is 5.85. The highest BCUT2D eigenvalue weighted by Crippen LogP contribution is 2.25. The molecule has 3 nitrogen and oxygen atoms in total. The molecular formula is C11H12ClN3. The van der Waals surface area contributed by atoms with Crippen LogP contribution in [0.1, 0.15) is 0 Å². The minimum absolute atomic E-state index is 0. The number of pyridine rings is 1. The fourth-order valence-corrected chi connectivity index (χ4v) is 1.32. The van der Waals surface area contributed by atoms with Gasteiger partial charge in [-0.15, -0.1) is 12.4 Å². The predicted molar refractivity (Wildman–Crippen MR) is 65.7 cm³/mol. The van der Waals surface area contributed by atoms with Crippen LogP contribution in [0.5, 0.6) is 0 Å². The van der Waals surface area contributed by atoms with E-state index in [0.29, 0.717) is 11.4 Å². The van der Waals surface area contributed by atoms with Crippen molar-refractivity contribution >= 4 is 23.8 Å². The standard InChI is InChI=1S/C11H11N3.ClH/c12-8-4-5-10(13)9(7-8)11-3-1-2-6-14-11;/h1-7H,12-13H2;1H. The van der Waals surface area contributed by atoms with Crippen molar-refractivity contribution in [3.8, 4) is 11.3 Å². The molecule has 0 aliphatic heterocycles. The molecule has 1 aromatic heterocycles. The van der Waals surface area contributed by atoms with Gasteiger partial charge in [-0.25, -0.2) is 0 Å². The number of hydrogen-bond acceptors (Lipinski definition) is 3. The van der Waals surface area contributed by atoms with Crippen LogP contribution in [0.3, 0.4) is 0 Å². The normalized spacial score (nSPS) is 9.33. The number of halogens is 1. The highest BCUT2D eigenvalue weighted by atomic mass is 35.5. The zero-order valence-corrected chi connectivity index (χ0v) is 8.87. The maximum absolute atomic E-state index is 5.83. The molecular weight excluding hydrogens is 210 g/mol.